The van der Waals surface area contributed by atoms with E-state index in [2.05, 4.69) is 0 Å². The van der Waals surface area contributed by atoms with Crippen LogP contribution in [-0.4, -0.2) is 70.6 Å². The second-order valence-electron chi connectivity index (χ2n) is 1.89. The molecular weight excluding hydrogens is 243 g/mol. The normalized spacial score (nSPS) is 11.1. The van der Waals surface area contributed by atoms with E-state index < -0.39 is 15.7 Å². The zero-order chi connectivity index (χ0) is 9.94. The Kier molecular flexibility index (Phi) is 10.7. The van der Waals surface area contributed by atoms with Crippen molar-refractivity contribution in [3.8, 4) is 0 Å². The van der Waals surface area contributed by atoms with E-state index in [1.165, 1.54) is 0 Å². The van der Waals surface area contributed by atoms with E-state index in [4.69, 9.17) is 26.5 Å². The van der Waals surface area contributed by atoms with E-state index in [1.54, 1.807) is 0 Å². The van der Waals surface area contributed by atoms with Crippen molar-refractivity contribution in [1.29, 1.82) is 0 Å². The average molecular weight is 258 g/mol. The van der Waals surface area contributed by atoms with Crippen LogP contribution < -0.4 is 0 Å². The Morgan fingerprint density at radius 3 is 1.23 bits per heavy atom. The number of aliphatic hydroxyl groups excluding tert-OH is 3. The summed E-state index contributed by atoms with van der Waals surface area (Å²) >= 11 is -2.33. The first-order valence-corrected chi connectivity index (χ1v) is 6.16. The van der Waals surface area contributed by atoms with E-state index >= 15 is 0 Å². The summed E-state index contributed by atoms with van der Waals surface area (Å²) in [6, 6.07) is 0. The van der Waals surface area contributed by atoms with Gasteiger partial charge >= 0.3 is 81.8 Å². The summed E-state index contributed by atoms with van der Waals surface area (Å²) in [5, 5.41) is 25.4. The molecule has 0 atom stereocenters. The Hall–Kier alpha value is 0.318. The van der Waals surface area contributed by atoms with E-state index in [-0.39, 0.29) is 39.6 Å². The van der Waals surface area contributed by atoms with Crippen molar-refractivity contribution in [2.24, 2.45) is 0 Å². The first kappa shape index (κ1) is 13.3. The van der Waals surface area contributed by atoms with Gasteiger partial charge in [0.25, 0.3) is 0 Å². The third-order valence-electron chi connectivity index (χ3n) is 0.864. The van der Waals surface area contributed by atoms with Crippen LogP contribution in [0.25, 0.3) is 0 Å². The topological polar surface area (TPSA) is 88.4 Å². The van der Waals surface area contributed by atoms with E-state index in [9.17, 15) is 0 Å². The predicted octanol–water partition coefficient (Wildman–Crippen LogP) is -2.00. The van der Waals surface area contributed by atoms with Gasteiger partial charge in [0.2, 0.25) is 0 Å². The number of hydrogen-bond acceptors (Lipinski definition) is 6. The molecule has 0 aromatic rings. The van der Waals surface area contributed by atoms with Crippen LogP contribution in [0.15, 0.2) is 0 Å². The van der Waals surface area contributed by atoms with Crippen molar-refractivity contribution in [2.75, 3.05) is 39.6 Å². The zero-order valence-corrected chi connectivity index (χ0v) is 9.13. The Morgan fingerprint density at radius 2 is 1.00 bits per heavy atom. The molecule has 0 saturated heterocycles. The molecule has 0 bridgehead atoms. The van der Waals surface area contributed by atoms with Crippen molar-refractivity contribution in [2.45, 2.75) is 0 Å². The van der Waals surface area contributed by atoms with Crippen LogP contribution >= 0.6 is 0 Å². The molecule has 0 saturated carbocycles. The summed E-state index contributed by atoms with van der Waals surface area (Å²) in [7, 11) is 0. The fourth-order valence-electron chi connectivity index (χ4n) is 0.458. The molecule has 0 aliphatic heterocycles. The molecule has 0 aliphatic rings. The maximum absolute atomic E-state index is 8.45. The Morgan fingerprint density at radius 1 is 0.692 bits per heavy atom. The molecule has 0 aromatic heterocycles. The van der Waals surface area contributed by atoms with Crippen LogP contribution in [-0.2, 0) is 11.2 Å². The molecule has 0 spiro atoms. The molecule has 13 heavy (non-hydrogen) atoms. The quantitative estimate of drug-likeness (QED) is 0.414. The summed E-state index contributed by atoms with van der Waals surface area (Å²) in [4.78, 5) is 0. The molecule has 0 rings (SSSR count). The fraction of sp³-hybridized carbons (Fsp3) is 1.00. The van der Waals surface area contributed by atoms with Crippen LogP contribution in [0.1, 0.15) is 0 Å². The van der Waals surface area contributed by atoms with Crippen molar-refractivity contribution < 1.29 is 26.5 Å². The van der Waals surface area contributed by atoms with Gasteiger partial charge in [-0.1, -0.05) is 0 Å². The van der Waals surface area contributed by atoms with Crippen molar-refractivity contribution >= 4 is 15.7 Å². The molecular formula is C6H15AsO6. The Labute approximate surface area is 82.4 Å². The average Bonchev–Trinajstić information content (AvgIpc) is 2.17. The van der Waals surface area contributed by atoms with Gasteiger partial charge in [0.15, 0.2) is 0 Å². The number of rotatable bonds is 9. The zero-order valence-electron chi connectivity index (χ0n) is 7.26. The molecule has 0 aromatic carbocycles. The second-order valence-corrected chi connectivity index (χ2v) is 4.46. The molecule has 3 N–H and O–H groups in total. The molecule has 0 unspecified atom stereocenters. The molecule has 6 nitrogen and oxygen atoms in total. The Balaban J connectivity index is 3.47. The van der Waals surface area contributed by atoms with E-state index in [0.717, 1.165) is 0 Å². The van der Waals surface area contributed by atoms with Crippen LogP contribution in [0.3, 0.4) is 0 Å². The number of hydrogen-bond donors (Lipinski definition) is 3. The third-order valence-corrected chi connectivity index (χ3v) is 3.34. The van der Waals surface area contributed by atoms with Gasteiger partial charge in [0.1, 0.15) is 0 Å². The monoisotopic (exact) mass is 258 g/mol. The van der Waals surface area contributed by atoms with Gasteiger partial charge in [-0.25, -0.2) is 0 Å². The molecule has 0 amide bonds. The summed E-state index contributed by atoms with van der Waals surface area (Å²) in [5.74, 6) is 0. The Bertz CT molecular complexity index is 84.1. The van der Waals surface area contributed by atoms with Gasteiger partial charge in [0, 0.05) is 0 Å². The van der Waals surface area contributed by atoms with Crippen LogP contribution in [0.4, 0.5) is 0 Å². The van der Waals surface area contributed by atoms with Crippen LogP contribution in [0, 0.1) is 0 Å². The van der Waals surface area contributed by atoms with Gasteiger partial charge < -0.3 is 0 Å². The second kappa shape index (κ2) is 10.4. The standard InChI is InChI=1S/C6H15AsO6/c8-1-4-11-7(12-5-2-9)13-6-3-10/h8-10H,1-6H2. The van der Waals surface area contributed by atoms with Crippen molar-refractivity contribution in [3.05, 3.63) is 0 Å². The third kappa shape index (κ3) is 8.64. The van der Waals surface area contributed by atoms with Gasteiger partial charge in [-0.2, -0.15) is 0 Å². The van der Waals surface area contributed by atoms with E-state index in [0.29, 0.717) is 0 Å². The predicted molar refractivity (Wildman–Crippen MR) is 44.9 cm³/mol. The SMILES string of the molecule is OCCO[As](OCCO)OCCO. The van der Waals surface area contributed by atoms with Crippen molar-refractivity contribution in [1.82, 2.24) is 0 Å². The summed E-state index contributed by atoms with van der Waals surface area (Å²) in [6.07, 6.45) is 0. The maximum atomic E-state index is 8.45. The van der Waals surface area contributed by atoms with Gasteiger partial charge in [-0.15, -0.1) is 0 Å². The van der Waals surface area contributed by atoms with Crippen LogP contribution in [0.2, 0.25) is 0 Å². The minimum atomic E-state index is -2.33. The van der Waals surface area contributed by atoms with Gasteiger partial charge in [0.05, 0.1) is 0 Å². The minimum absolute atomic E-state index is 0.101. The number of aliphatic hydroxyl groups is 3. The first-order chi connectivity index (χ1) is 6.35. The summed E-state index contributed by atoms with van der Waals surface area (Å²) in [6.45, 7) is 0.146. The van der Waals surface area contributed by atoms with Gasteiger partial charge in [-0.3, -0.25) is 0 Å². The summed E-state index contributed by atoms with van der Waals surface area (Å²) < 4.78 is 15.1. The molecule has 80 valence electrons. The first-order valence-electron chi connectivity index (χ1n) is 3.86. The fourth-order valence-corrected chi connectivity index (χ4v) is 2.38. The molecule has 0 fully saturated rings. The summed E-state index contributed by atoms with van der Waals surface area (Å²) in [5.41, 5.74) is 0. The molecule has 0 radical (unpaired) electrons. The van der Waals surface area contributed by atoms with Crippen molar-refractivity contribution in [3.63, 3.8) is 0 Å². The van der Waals surface area contributed by atoms with Gasteiger partial charge in [-0.05, 0) is 0 Å². The molecule has 0 heterocycles. The molecule has 7 heteroatoms. The van der Waals surface area contributed by atoms with Crippen LogP contribution in [0.5, 0.6) is 0 Å². The van der Waals surface area contributed by atoms with E-state index in [1.807, 2.05) is 0 Å². The molecule has 0 aliphatic carbocycles.